The van der Waals surface area contributed by atoms with Gasteiger partial charge in [-0.15, -0.1) is 6.42 Å². The zero-order chi connectivity index (χ0) is 19.6. The van der Waals surface area contributed by atoms with E-state index in [2.05, 4.69) is 16.6 Å². The first kappa shape index (κ1) is 18.3. The second kappa shape index (κ2) is 7.00. The maximum atomic E-state index is 12.9. The number of nitrogens with one attached hydrogen (secondary N) is 2. The van der Waals surface area contributed by atoms with Gasteiger partial charge < -0.3 is 15.4 Å². The van der Waals surface area contributed by atoms with Crippen molar-refractivity contribution in [1.82, 2.24) is 15.5 Å². The van der Waals surface area contributed by atoms with Gasteiger partial charge in [-0.2, -0.15) is 0 Å². The number of fused-ring (bicyclic) bond motifs is 1. The van der Waals surface area contributed by atoms with Crippen LogP contribution in [0.15, 0.2) is 36.4 Å². The third kappa shape index (κ3) is 3.29. The summed E-state index contributed by atoms with van der Waals surface area (Å²) < 4.78 is 5.21. The van der Waals surface area contributed by atoms with E-state index in [0.717, 1.165) is 21.4 Å². The lowest BCUT2D eigenvalue weighted by atomic mass is 9.90. The van der Waals surface area contributed by atoms with E-state index in [1.54, 1.807) is 20.1 Å². The predicted molar refractivity (Wildman–Crippen MR) is 99.9 cm³/mol. The van der Waals surface area contributed by atoms with Crippen LogP contribution in [0.3, 0.4) is 0 Å². The Kier molecular flexibility index (Phi) is 4.74. The van der Waals surface area contributed by atoms with Crippen LogP contribution in [-0.2, 0) is 15.1 Å². The van der Waals surface area contributed by atoms with E-state index in [1.807, 2.05) is 30.3 Å². The first-order valence-corrected chi connectivity index (χ1v) is 8.31. The molecular formula is C20H19N3O4. The molecule has 2 N–H and O–H groups in total. The highest BCUT2D eigenvalue weighted by Crippen LogP contribution is 2.31. The smallest absolute Gasteiger partial charge is 0.325 e. The number of terminal acetylenes is 1. The van der Waals surface area contributed by atoms with Gasteiger partial charge in [0.2, 0.25) is 5.91 Å². The van der Waals surface area contributed by atoms with Crippen LogP contribution in [0, 0.1) is 12.3 Å². The number of hydrogen-bond acceptors (Lipinski definition) is 4. The van der Waals surface area contributed by atoms with Gasteiger partial charge in [-0.05, 0) is 41.5 Å². The fourth-order valence-corrected chi connectivity index (χ4v) is 3.05. The predicted octanol–water partition coefficient (Wildman–Crippen LogP) is 1.36. The van der Waals surface area contributed by atoms with Crippen molar-refractivity contribution in [2.24, 2.45) is 0 Å². The molecule has 0 radical (unpaired) electrons. The van der Waals surface area contributed by atoms with Crippen molar-refractivity contribution in [3.63, 3.8) is 0 Å². The minimum absolute atomic E-state index is 0.0356. The van der Waals surface area contributed by atoms with Gasteiger partial charge in [-0.1, -0.05) is 24.1 Å². The van der Waals surface area contributed by atoms with E-state index in [0.29, 0.717) is 5.56 Å². The number of rotatable bonds is 5. The third-order valence-corrected chi connectivity index (χ3v) is 4.59. The van der Waals surface area contributed by atoms with Crippen LogP contribution in [0.2, 0.25) is 0 Å². The molecule has 0 spiro atoms. The molecule has 0 unspecified atom stereocenters. The summed E-state index contributed by atoms with van der Waals surface area (Å²) >= 11 is 0. The van der Waals surface area contributed by atoms with Gasteiger partial charge >= 0.3 is 6.03 Å². The molecule has 3 rings (SSSR count). The van der Waals surface area contributed by atoms with Gasteiger partial charge in [-0.25, -0.2) is 4.79 Å². The molecule has 1 heterocycles. The Morgan fingerprint density at radius 2 is 1.96 bits per heavy atom. The van der Waals surface area contributed by atoms with E-state index >= 15 is 0 Å². The Bertz CT molecular complexity index is 979. The molecular weight excluding hydrogens is 346 g/mol. The van der Waals surface area contributed by atoms with Crippen molar-refractivity contribution in [2.45, 2.75) is 12.5 Å². The molecule has 1 fully saturated rings. The molecule has 2 aromatic rings. The Labute approximate surface area is 156 Å². The molecule has 7 heteroatoms. The summed E-state index contributed by atoms with van der Waals surface area (Å²) in [4.78, 5) is 37.9. The standard InChI is InChI=1S/C20H19N3O4/c1-4-9-21-17(24)12-23-18(25)20(2,22-19(23)26)15-7-5-14-11-16(27-3)8-6-13(14)10-15/h1,5-8,10-11H,9,12H2,2-3H3,(H,21,24)(H,22,26)/t20-/m0/s1. The maximum Gasteiger partial charge on any atom is 0.325 e. The lowest BCUT2D eigenvalue weighted by Gasteiger charge is -2.22. The van der Waals surface area contributed by atoms with Crippen molar-refractivity contribution in [1.29, 1.82) is 0 Å². The first-order chi connectivity index (χ1) is 12.9. The average molecular weight is 365 g/mol. The van der Waals surface area contributed by atoms with Crippen molar-refractivity contribution in [2.75, 3.05) is 20.2 Å². The number of carbonyl (C=O) groups is 3. The molecule has 138 valence electrons. The van der Waals surface area contributed by atoms with Gasteiger partial charge in [0, 0.05) is 0 Å². The minimum atomic E-state index is -1.25. The SMILES string of the molecule is C#CCNC(=O)CN1C(=O)N[C@@](C)(c2ccc3cc(OC)ccc3c2)C1=O. The fraction of sp³-hybridized carbons (Fsp3) is 0.250. The molecule has 0 saturated carbocycles. The third-order valence-electron chi connectivity index (χ3n) is 4.59. The molecule has 1 atom stereocenters. The molecule has 1 aliphatic heterocycles. The average Bonchev–Trinajstić information content (AvgIpc) is 2.89. The van der Waals surface area contributed by atoms with E-state index in [4.69, 9.17) is 11.2 Å². The van der Waals surface area contributed by atoms with Gasteiger partial charge in [0.05, 0.1) is 13.7 Å². The van der Waals surface area contributed by atoms with E-state index < -0.39 is 23.4 Å². The van der Waals surface area contributed by atoms with Gasteiger partial charge in [0.25, 0.3) is 5.91 Å². The van der Waals surface area contributed by atoms with Crippen molar-refractivity contribution in [3.8, 4) is 18.1 Å². The summed E-state index contributed by atoms with van der Waals surface area (Å²) in [6, 6.07) is 10.5. The highest BCUT2D eigenvalue weighted by atomic mass is 16.5. The minimum Gasteiger partial charge on any atom is -0.497 e. The summed E-state index contributed by atoms with van der Waals surface area (Å²) in [6.45, 7) is 1.28. The molecule has 27 heavy (non-hydrogen) atoms. The van der Waals surface area contributed by atoms with Crippen LogP contribution in [0.5, 0.6) is 5.75 Å². The zero-order valence-corrected chi connectivity index (χ0v) is 15.0. The quantitative estimate of drug-likeness (QED) is 0.619. The molecule has 1 saturated heterocycles. The number of methoxy groups -OCH3 is 1. The number of benzene rings is 2. The number of ether oxygens (including phenoxy) is 1. The Morgan fingerprint density at radius 1 is 1.26 bits per heavy atom. The highest BCUT2D eigenvalue weighted by Gasteiger charge is 2.49. The second-order valence-corrected chi connectivity index (χ2v) is 6.36. The van der Waals surface area contributed by atoms with Crippen molar-refractivity contribution in [3.05, 3.63) is 42.0 Å². The normalized spacial score (nSPS) is 18.9. The van der Waals surface area contributed by atoms with E-state index in [9.17, 15) is 14.4 Å². The molecule has 2 aromatic carbocycles. The zero-order valence-electron chi connectivity index (χ0n) is 15.0. The lowest BCUT2D eigenvalue weighted by Crippen LogP contribution is -2.43. The van der Waals surface area contributed by atoms with Gasteiger partial charge in [-0.3, -0.25) is 14.5 Å². The van der Waals surface area contributed by atoms with Gasteiger partial charge in [0.15, 0.2) is 0 Å². The Hall–Kier alpha value is -3.53. The van der Waals surface area contributed by atoms with Crippen LogP contribution < -0.4 is 15.4 Å². The van der Waals surface area contributed by atoms with Crippen LogP contribution in [0.1, 0.15) is 12.5 Å². The number of hydrogen-bond donors (Lipinski definition) is 2. The number of urea groups is 1. The summed E-state index contributed by atoms with van der Waals surface area (Å²) in [5.41, 5.74) is -0.623. The summed E-state index contributed by atoms with van der Waals surface area (Å²) in [5.74, 6) is 2.02. The van der Waals surface area contributed by atoms with Crippen molar-refractivity contribution >= 4 is 28.6 Å². The number of imide groups is 1. The molecule has 7 nitrogen and oxygen atoms in total. The Balaban J connectivity index is 1.88. The van der Waals surface area contributed by atoms with Crippen LogP contribution >= 0.6 is 0 Å². The Morgan fingerprint density at radius 3 is 2.67 bits per heavy atom. The number of carbonyl (C=O) groups excluding carboxylic acids is 3. The molecule has 0 aromatic heterocycles. The summed E-state index contributed by atoms with van der Waals surface area (Å²) in [5, 5.41) is 6.98. The van der Waals surface area contributed by atoms with Crippen LogP contribution in [0.25, 0.3) is 10.8 Å². The molecule has 4 amide bonds. The van der Waals surface area contributed by atoms with E-state index in [-0.39, 0.29) is 13.1 Å². The molecule has 1 aliphatic rings. The topological polar surface area (TPSA) is 87.7 Å². The van der Waals surface area contributed by atoms with E-state index in [1.165, 1.54) is 0 Å². The fourth-order valence-electron chi connectivity index (χ4n) is 3.05. The maximum absolute atomic E-state index is 12.9. The lowest BCUT2D eigenvalue weighted by molar-refractivity contribution is -0.134. The van der Waals surface area contributed by atoms with Crippen LogP contribution in [-0.4, -0.2) is 42.9 Å². The van der Waals surface area contributed by atoms with Crippen molar-refractivity contribution < 1.29 is 19.1 Å². The largest absolute Gasteiger partial charge is 0.497 e. The van der Waals surface area contributed by atoms with Crippen LogP contribution in [0.4, 0.5) is 4.79 Å². The number of amides is 4. The molecule has 0 bridgehead atoms. The van der Waals surface area contributed by atoms with Gasteiger partial charge in [0.1, 0.15) is 17.8 Å². The summed E-state index contributed by atoms with van der Waals surface area (Å²) in [6.07, 6.45) is 5.09. The number of nitrogens with zero attached hydrogens (tertiary/aromatic N) is 1. The highest BCUT2D eigenvalue weighted by molar-refractivity contribution is 6.09. The second-order valence-electron chi connectivity index (χ2n) is 6.36. The monoisotopic (exact) mass is 365 g/mol. The summed E-state index contributed by atoms with van der Waals surface area (Å²) in [7, 11) is 1.59. The molecule has 0 aliphatic carbocycles. The first-order valence-electron chi connectivity index (χ1n) is 8.31.